The minimum absolute atomic E-state index is 1.02. The summed E-state index contributed by atoms with van der Waals surface area (Å²) >= 11 is 0. The van der Waals surface area contributed by atoms with Gasteiger partial charge in [0.25, 0.3) is 0 Å². The second-order valence-corrected chi connectivity index (χ2v) is 8.88. The van der Waals surface area contributed by atoms with Gasteiger partial charge in [0.1, 0.15) is 0 Å². The van der Waals surface area contributed by atoms with Crippen LogP contribution in [-0.2, 0) is 0 Å². The van der Waals surface area contributed by atoms with E-state index in [9.17, 15) is 0 Å². The van der Waals surface area contributed by atoms with Gasteiger partial charge >= 0.3 is 0 Å². The maximum Gasteiger partial charge on any atom is 0.0998 e. The Kier molecular flexibility index (Phi) is 4.93. The van der Waals surface area contributed by atoms with Crippen molar-refractivity contribution in [2.24, 2.45) is 0 Å². The topological polar surface area (TPSA) is 0 Å². The summed E-state index contributed by atoms with van der Waals surface area (Å²) < 4.78 is 0. The van der Waals surface area contributed by atoms with E-state index >= 15 is 0 Å². The number of hydrogen-bond acceptors (Lipinski definition) is 0. The number of allylic oxidation sites excluding steroid dienone is 2. The molecule has 2 aromatic rings. The molecule has 0 N–H and O–H groups in total. The maximum atomic E-state index is 4.17. The fourth-order valence-electron chi connectivity index (χ4n) is 2.71. The zero-order valence-electron chi connectivity index (χ0n) is 12.1. The van der Waals surface area contributed by atoms with E-state index in [0.717, 1.165) is 12.3 Å². The summed E-state index contributed by atoms with van der Waals surface area (Å²) in [7, 11) is -1.47. The monoisotopic (exact) mass is 281 g/mol. The Morgan fingerprint density at radius 2 is 1.40 bits per heavy atom. The van der Waals surface area contributed by atoms with Crippen LogP contribution in [0.2, 0.25) is 0 Å². The third-order valence-corrected chi connectivity index (χ3v) is 8.02. The molecule has 0 aliphatic rings. The molecule has 0 amide bonds. The van der Waals surface area contributed by atoms with E-state index < -0.39 is 7.26 Å². The molecule has 0 saturated carbocycles. The molecule has 0 aliphatic carbocycles. The van der Waals surface area contributed by atoms with Crippen molar-refractivity contribution in [3.63, 3.8) is 0 Å². The van der Waals surface area contributed by atoms with Gasteiger partial charge in [-0.2, -0.15) is 0 Å². The fourth-order valence-corrected chi connectivity index (χ4v) is 6.78. The van der Waals surface area contributed by atoms with Crippen molar-refractivity contribution in [3.05, 3.63) is 85.5 Å². The third kappa shape index (κ3) is 3.08. The highest BCUT2D eigenvalue weighted by atomic mass is 31.2. The van der Waals surface area contributed by atoms with Crippen molar-refractivity contribution in [2.45, 2.75) is 6.92 Å². The molecule has 0 bridgehead atoms. The lowest BCUT2D eigenvalue weighted by Crippen LogP contribution is -2.27. The summed E-state index contributed by atoms with van der Waals surface area (Å²) in [5, 5.41) is 2.88. The molecular weight excluding hydrogens is 259 g/mol. The third-order valence-electron chi connectivity index (χ3n) is 3.48. The second kappa shape index (κ2) is 6.68. The van der Waals surface area contributed by atoms with Crippen LogP contribution in [0.25, 0.3) is 0 Å². The largest absolute Gasteiger partial charge is 0.0998 e. The smallest absolute Gasteiger partial charge is 0.0995 e. The van der Waals surface area contributed by atoms with Gasteiger partial charge in [0.2, 0.25) is 0 Å². The predicted molar refractivity (Wildman–Crippen MR) is 93.8 cm³/mol. The van der Waals surface area contributed by atoms with Gasteiger partial charge in [-0.15, -0.1) is 0 Å². The van der Waals surface area contributed by atoms with Gasteiger partial charge in [-0.1, -0.05) is 55.6 Å². The Morgan fingerprint density at radius 1 is 0.950 bits per heavy atom. The highest BCUT2D eigenvalue weighted by Gasteiger charge is 2.41. The molecule has 0 atom stereocenters. The second-order valence-electron chi connectivity index (χ2n) is 5.23. The fraction of sp³-hybridized carbons (Fsp3) is 0.158. The first-order chi connectivity index (χ1) is 9.69. The van der Waals surface area contributed by atoms with E-state index in [-0.39, 0.29) is 0 Å². The van der Waals surface area contributed by atoms with E-state index in [1.54, 1.807) is 0 Å². The van der Waals surface area contributed by atoms with Gasteiger partial charge in [-0.3, -0.25) is 0 Å². The Hall–Kier alpha value is -1.65. The van der Waals surface area contributed by atoms with Gasteiger partial charge in [0.05, 0.1) is 30.2 Å². The molecule has 2 aromatic carbocycles. The Balaban J connectivity index is 2.62. The standard InChI is InChI=1S/C19H22P/c1-4-15-20(16-17(2)3,18-11-7-5-8-12-18)19-13-9-6-10-14-19/h4-14H,1-2,15-16H2,3H3/q+1. The predicted octanol–water partition coefficient (Wildman–Crippen LogP) is 4.42. The zero-order chi connectivity index (χ0) is 14.4. The molecular formula is C19H22P+. The molecule has 0 aromatic heterocycles. The highest BCUT2D eigenvalue weighted by Crippen LogP contribution is 2.57. The van der Waals surface area contributed by atoms with Crippen LogP contribution in [-0.4, -0.2) is 12.3 Å². The van der Waals surface area contributed by atoms with Gasteiger partial charge in [0, 0.05) is 0 Å². The quantitative estimate of drug-likeness (QED) is 0.543. The van der Waals surface area contributed by atoms with Crippen molar-refractivity contribution >= 4 is 17.9 Å². The van der Waals surface area contributed by atoms with Crippen LogP contribution >= 0.6 is 7.26 Å². The average molecular weight is 281 g/mol. The van der Waals surface area contributed by atoms with Gasteiger partial charge in [0.15, 0.2) is 0 Å². The van der Waals surface area contributed by atoms with Crippen molar-refractivity contribution in [3.8, 4) is 0 Å². The van der Waals surface area contributed by atoms with Crippen LogP contribution in [0.5, 0.6) is 0 Å². The molecule has 2 rings (SSSR count). The van der Waals surface area contributed by atoms with Crippen molar-refractivity contribution < 1.29 is 0 Å². The first kappa shape index (κ1) is 14.8. The average Bonchev–Trinajstić information content (AvgIpc) is 2.48. The summed E-state index contributed by atoms with van der Waals surface area (Å²) in [6.07, 6.45) is 4.14. The van der Waals surface area contributed by atoms with Crippen LogP contribution < -0.4 is 10.6 Å². The first-order valence-electron chi connectivity index (χ1n) is 6.92. The Labute approximate surface area is 123 Å². The van der Waals surface area contributed by atoms with Crippen LogP contribution in [0.3, 0.4) is 0 Å². The Bertz CT molecular complexity index is 530. The van der Waals surface area contributed by atoms with Crippen LogP contribution in [0.4, 0.5) is 0 Å². The van der Waals surface area contributed by atoms with Crippen molar-refractivity contribution in [1.29, 1.82) is 0 Å². The molecule has 0 fully saturated rings. The molecule has 0 saturated heterocycles. The van der Waals surface area contributed by atoms with E-state index in [4.69, 9.17) is 0 Å². The molecule has 1 heteroatoms. The molecule has 20 heavy (non-hydrogen) atoms. The maximum absolute atomic E-state index is 4.17. The molecule has 0 heterocycles. The lowest BCUT2D eigenvalue weighted by Gasteiger charge is -2.26. The van der Waals surface area contributed by atoms with Crippen LogP contribution in [0.15, 0.2) is 85.5 Å². The van der Waals surface area contributed by atoms with Gasteiger partial charge < -0.3 is 0 Å². The first-order valence-corrected chi connectivity index (χ1v) is 9.08. The minimum Gasteiger partial charge on any atom is -0.0995 e. The summed E-state index contributed by atoms with van der Waals surface area (Å²) in [6, 6.07) is 21.7. The lowest BCUT2D eigenvalue weighted by atomic mass is 10.4. The molecule has 0 unspecified atom stereocenters. The van der Waals surface area contributed by atoms with Crippen LogP contribution in [0, 0.1) is 0 Å². The molecule has 102 valence electrons. The van der Waals surface area contributed by atoms with E-state index in [2.05, 4.69) is 86.8 Å². The van der Waals surface area contributed by atoms with E-state index in [0.29, 0.717) is 0 Å². The molecule has 0 nitrogen and oxygen atoms in total. The highest BCUT2D eigenvalue weighted by molar-refractivity contribution is 7.89. The normalized spacial score (nSPS) is 11.1. The van der Waals surface area contributed by atoms with Crippen molar-refractivity contribution in [1.82, 2.24) is 0 Å². The minimum atomic E-state index is -1.47. The molecule has 0 spiro atoms. The van der Waals surface area contributed by atoms with Gasteiger partial charge in [-0.05, 0) is 36.8 Å². The van der Waals surface area contributed by atoms with E-state index in [1.807, 2.05) is 0 Å². The Morgan fingerprint density at radius 3 is 1.75 bits per heavy atom. The SMILES string of the molecule is C=CC[P+](CC(=C)C)(c1ccccc1)c1ccccc1. The van der Waals surface area contributed by atoms with Crippen molar-refractivity contribution in [2.75, 3.05) is 12.3 Å². The summed E-state index contributed by atoms with van der Waals surface area (Å²) in [5.41, 5.74) is 1.24. The number of rotatable bonds is 6. The molecule has 0 radical (unpaired) electrons. The van der Waals surface area contributed by atoms with Gasteiger partial charge in [-0.25, -0.2) is 0 Å². The summed E-state index contributed by atoms with van der Waals surface area (Å²) in [4.78, 5) is 0. The van der Waals surface area contributed by atoms with E-state index in [1.165, 1.54) is 16.2 Å². The zero-order valence-corrected chi connectivity index (χ0v) is 13.0. The number of benzene rings is 2. The summed E-state index contributed by atoms with van der Waals surface area (Å²) in [5.74, 6) is 0. The number of hydrogen-bond donors (Lipinski definition) is 0. The molecule has 0 aliphatic heterocycles. The van der Waals surface area contributed by atoms with Crippen LogP contribution in [0.1, 0.15) is 6.92 Å². The lowest BCUT2D eigenvalue weighted by molar-refractivity contribution is 1.40. The summed E-state index contributed by atoms with van der Waals surface area (Å²) in [6.45, 7) is 10.3.